The highest BCUT2D eigenvalue weighted by Gasteiger charge is 2.64. The molecule has 13 nitrogen and oxygen atoms in total. The summed E-state index contributed by atoms with van der Waals surface area (Å²) in [5, 5.41) is 21.3. The third kappa shape index (κ3) is 8.35. The van der Waals surface area contributed by atoms with Gasteiger partial charge < -0.3 is 26.8 Å². The van der Waals surface area contributed by atoms with Gasteiger partial charge in [-0.05, 0) is 79.4 Å². The van der Waals surface area contributed by atoms with E-state index in [2.05, 4.69) is 16.0 Å². The second-order valence-electron chi connectivity index (χ2n) is 16.7. The van der Waals surface area contributed by atoms with Crippen LogP contribution < -0.4 is 21.7 Å². The van der Waals surface area contributed by atoms with Gasteiger partial charge in [0.15, 0.2) is 0 Å². The van der Waals surface area contributed by atoms with E-state index < -0.39 is 63.6 Å². The molecule has 6 N–H and O–H groups in total. The molecule has 1 aliphatic heterocycles. The van der Waals surface area contributed by atoms with E-state index in [1.54, 1.807) is 0 Å². The number of urea groups is 1. The van der Waals surface area contributed by atoms with Crippen LogP contribution >= 0.6 is 0 Å². The van der Waals surface area contributed by atoms with Crippen molar-refractivity contribution in [1.29, 1.82) is 0 Å². The predicted molar refractivity (Wildman–Crippen MR) is 181 cm³/mol. The van der Waals surface area contributed by atoms with E-state index in [4.69, 9.17) is 5.73 Å². The first-order valence-corrected chi connectivity index (χ1v) is 19.8. The minimum Gasteiger partial charge on any atom is -0.376 e. The number of nitrogens with one attached hydrogen (secondary N) is 3. The zero-order chi connectivity index (χ0) is 35.2. The molecule has 2 unspecified atom stereocenters. The topological polar surface area (TPSA) is 191 Å². The number of carbonyl (C=O) groups is 4. The third-order valence-corrected chi connectivity index (χ3v) is 13.5. The van der Waals surface area contributed by atoms with Crippen LogP contribution in [0, 0.1) is 34.5 Å². The summed E-state index contributed by atoms with van der Waals surface area (Å²) < 4.78 is 25.6. The van der Waals surface area contributed by atoms with Crippen molar-refractivity contribution in [3.05, 3.63) is 0 Å². The Morgan fingerprint density at radius 3 is 2.17 bits per heavy atom. The largest absolute Gasteiger partial charge is 0.376 e. The predicted octanol–water partition coefficient (Wildman–Crippen LogP) is 1.69. The molecule has 5 fully saturated rings. The molecule has 0 aromatic carbocycles. The molecule has 0 aromatic heterocycles. The molecule has 0 bridgehead atoms. The average molecular weight is 695 g/mol. The molecule has 5 rings (SSSR count). The Bertz CT molecular complexity index is 1340. The van der Waals surface area contributed by atoms with Crippen molar-refractivity contribution in [2.24, 2.45) is 40.2 Å². The lowest BCUT2D eigenvalue weighted by atomic mass is 9.82. The molecule has 7 atom stereocenters. The van der Waals surface area contributed by atoms with Crippen molar-refractivity contribution >= 4 is 33.7 Å². The number of likely N-dealkylation sites (N-methyl/N-ethyl adjacent to an activating group) is 1. The van der Waals surface area contributed by atoms with Crippen molar-refractivity contribution in [1.82, 2.24) is 25.2 Å². The molecule has 4 amide bonds. The number of rotatable bonds is 14. The maximum Gasteiger partial charge on any atom is 0.315 e. The number of carbonyl (C=O) groups excluding carboxylic acids is 4. The summed E-state index contributed by atoms with van der Waals surface area (Å²) in [6, 6.07) is -3.41. The minimum atomic E-state index is -3.48. The van der Waals surface area contributed by atoms with Gasteiger partial charge in [0, 0.05) is 26.2 Å². The maximum atomic E-state index is 14.2. The van der Waals surface area contributed by atoms with Crippen LogP contribution in [0.15, 0.2) is 0 Å². The molecular formula is C34H58N6O7S. The number of sulfonamides is 1. The highest BCUT2D eigenvalue weighted by atomic mass is 32.2. The molecule has 272 valence electrons. The number of fused-ring (bicyclic) bond motifs is 2. The lowest BCUT2D eigenvalue weighted by Gasteiger charge is -2.41. The minimum absolute atomic E-state index is 0.00922. The van der Waals surface area contributed by atoms with Gasteiger partial charge in [0.25, 0.3) is 5.91 Å². The lowest BCUT2D eigenvalue weighted by Crippen LogP contribution is -2.63. The fourth-order valence-electron chi connectivity index (χ4n) is 8.75. The number of nitrogens with zero attached hydrogens (tertiary/aromatic N) is 2. The Labute approximate surface area is 285 Å². The molecule has 48 heavy (non-hydrogen) atoms. The van der Waals surface area contributed by atoms with E-state index in [1.165, 1.54) is 11.4 Å². The van der Waals surface area contributed by atoms with E-state index in [0.717, 1.165) is 76.9 Å². The average Bonchev–Trinajstić information content (AvgIpc) is 3.92. The fraction of sp³-hybridized carbons (Fsp3) is 0.882. The summed E-state index contributed by atoms with van der Waals surface area (Å²) in [7, 11) is -1.99. The molecule has 4 saturated carbocycles. The van der Waals surface area contributed by atoms with Crippen LogP contribution in [0.3, 0.4) is 0 Å². The van der Waals surface area contributed by atoms with Crippen LogP contribution in [-0.2, 0) is 24.4 Å². The van der Waals surface area contributed by atoms with Gasteiger partial charge in [-0.1, -0.05) is 52.9 Å². The number of amides is 4. The van der Waals surface area contributed by atoms with Crippen LogP contribution in [0.1, 0.15) is 97.8 Å². The van der Waals surface area contributed by atoms with Gasteiger partial charge in [0.1, 0.15) is 6.23 Å². The second-order valence-corrected chi connectivity index (χ2v) is 18.8. The first kappa shape index (κ1) is 37.0. The zero-order valence-electron chi connectivity index (χ0n) is 29.4. The molecule has 14 heteroatoms. The number of hydrogen-bond acceptors (Lipinski definition) is 8. The van der Waals surface area contributed by atoms with Gasteiger partial charge in [-0.15, -0.1) is 0 Å². The van der Waals surface area contributed by atoms with Crippen LogP contribution in [0.2, 0.25) is 0 Å². The standard InChI is InChI=1S/C34H58N6O7S/c1-33(2,3)25(19-39(4)48(5,46)47)37-32(45)38-26(21-9-7-6-8-10-21)31(44)40-18-23-22(13-14-34(23)15-16-34)27(40)30(43)36-24(17-20-11-12-20)28(41)29(35)42/h20-27,31,44H,6-19H2,1-5H3,(H2,35,42)(H,36,43)(H2,37,38,45)/t22-,23-,24?,25+,26-,27-,31?/m0/s1. The quantitative estimate of drug-likeness (QED) is 0.170. The normalized spacial score (nSPS) is 28.4. The number of hydrogen-bond donors (Lipinski definition) is 5. The fourth-order valence-corrected chi connectivity index (χ4v) is 9.17. The smallest absolute Gasteiger partial charge is 0.315 e. The molecule has 1 spiro atoms. The summed E-state index contributed by atoms with van der Waals surface area (Å²) in [5.74, 6) is -1.78. The Kier molecular flexibility index (Phi) is 10.9. The van der Waals surface area contributed by atoms with Gasteiger partial charge in [-0.25, -0.2) is 17.5 Å². The number of nitrogens with two attached hydrogens (primary N) is 1. The highest BCUT2D eigenvalue weighted by Crippen LogP contribution is 2.66. The Morgan fingerprint density at radius 1 is 0.979 bits per heavy atom. The van der Waals surface area contributed by atoms with E-state index >= 15 is 0 Å². The Hall–Kier alpha value is -2.29. The van der Waals surface area contributed by atoms with E-state index in [1.807, 2.05) is 25.7 Å². The number of aliphatic hydroxyl groups excluding tert-OH is 1. The van der Waals surface area contributed by atoms with Crippen molar-refractivity contribution in [2.75, 3.05) is 26.4 Å². The molecule has 4 aliphatic carbocycles. The monoisotopic (exact) mass is 694 g/mol. The summed E-state index contributed by atoms with van der Waals surface area (Å²) in [6.45, 7) is 6.39. The maximum absolute atomic E-state index is 14.2. The summed E-state index contributed by atoms with van der Waals surface area (Å²) >= 11 is 0. The van der Waals surface area contributed by atoms with Crippen LogP contribution in [-0.4, -0.2) is 103 Å². The van der Waals surface area contributed by atoms with E-state index in [9.17, 15) is 32.7 Å². The van der Waals surface area contributed by atoms with Crippen LogP contribution in [0.5, 0.6) is 0 Å². The molecule has 0 aromatic rings. The third-order valence-electron chi connectivity index (χ3n) is 12.2. The van der Waals surface area contributed by atoms with Gasteiger partial charge in [0.2, 0.25) is 21.7 Å². The molecule has 5 aliphatic rings. The van der Waals surface area contributed by atoms with Crippen molar-refractivity contribution < 1.29 is 32.7 Å². The van der Waals surface area contributed by atoms with Gasteiger partial charge in [-0.3, -0.25) is 19.3 Å². The second kappa shape index (κ2) is 14.1. The van der Waals surface area contributed by atoms with Gasteiger partial charge in [-0.2, -0.15) is 0 Å². The van der Waals surface area contributed by atoms with Gasteiger partial charge >= 0.3 is 6.03 Å². The molecular weight excluding hydrogens is 636 g/mol. The molecule has 0 radical (unpaired) electrons. The SMILES string of the molecule is CN(C[C@@H](NC(=O)N[C@@H](C1CCCCC1)C(O)N1C[C@H]2[C@H](CCC23CC3)[C@H]1C(=O)NC(CC1CC1)C(=O)C(N)=O)C(C)(C)C)S(C)(=O)=O. The lowest BCUT2D eigenvalue weighted by molar-refractivity contribution is -0.140. The molecule has 1 saturated heterocycles. The van der Waals surface area contributed by atoms with Crippen LogP contribution in [0.4, 0.5) is 4.79 Å². The van der Waals surface area contributed by atoms with Crippen molar-refractivity contribution in [3.63, 3.8) is 0 Å². The number of primary amides is 1. The van der Waals surface area contributed by atoms with E-state index in [0.29, 0.717) is 13.0 Å². The molecule has 1 heterocycles. The number of likely N-dealkylation sites (tertiary alicyclic amines) is 1. The van der Waals surface area contributed by atoms with Crippen molar-refractivity contribution in [3.8, 4) is 0 Å². The first-order chi connectivity index (χ1) is 22.4. The van der Waals surface area contributed by atoms with Crippen LogP contribution in [0.25, 0.3) is 0 Å². The van der Waals surface area contributed by atoms with Crippen molar-refractivity contribution in [2.45, 2.75) is 128 Å². The summed E-state index contributed by atoms with van der Waals surface area (Å²) in [6.07, 6.45) is 10.9. The summed E-state index contributed by atoms with van der Waals surface area (Å²) in [5.41, 5.74) is 5.08. The number of ketones is 1. The summed E-state index contributed by atoms with van der Waals surface area (Å²) in [4.78, 5) is 54.5. The Morgan fingerprint density at radius 2 is 1.62 bits per heavy atom. The van der Waals surface area contributed by atoms with Gasteiger partial charge in [0.05, 0.1) is 24.4 Å². The number of Topliss-reactive ketones (excluding diaryl/α,β-unsaturated/α-hetero) is 1. The number of aliphatic hydroxyl groups is 1. The zero-order valence-corrected chi connectivity index (χ0v) is 30.2. The van der Waals surface area contributed by atoms with E-state index in [-0.39, 0.29) is 41.5 Å². The first-order valence-electron chi connectivity index (χ1n) is 18.0. The Balaban J connectivity index is 1.39. The highest BCUT2D eigenvalue weighted by molar-refractivity contribution is 7.88.